The van der Waals surface area contributed by atoms with E-state index < -0.39 is 0 Å². The number of methoxy groups -OCH3 is 1. The van der Waals surface area contributed by atoms with Gasteiger partial charge in [-0.05, 0) is 44.0 Å². The van der Waals surface area contributed by atoms with Gasteiger partial charge in [-0.3, -0.25) is 0 Å². The molecule has 0 aliphatic carbocycles. The van der Waals surface area contributed by atoms with Gasteiger partial charge in [0.25, 0.3) is 0 Å². The Morgan fingerprint density at radius 1 is 1.12 bits per heavy atom. The maximum atomic E-state index is 5.32. The molecular weight excluding hydrogens is 198 g/mol. The number of para-hydroxylation sites is 1. The van der Waals surface area contributed by atoms with Crippen molar-refractivity contribution in [1.29, 1.82) is 0 Å². The quantitative estimate of drug-likeness (QED) is 0.681. The lowest BCUT2D eigenvalue weighted by Gasteiger charge is -2.08. The van der Waals surface area contributed by atoms with E-state index in [1.54, 1.807) is 7.11 Å². The lowest BCUT2D eigenvalue weighted by molar-refractivity contribution is 0.409. The van der Waals surface area contributed by atoms with Crippen LogP contribution in [0.3, 0.4) is 0 Å². The van der Waals surface area contributed by atoms with Gasteiger partial charge >= 0.3 is 0 Å². The van der Waals surface area contributed by atoms with Crippen LogP contribution >= 0.6 is 0 Å². The molecule has 90 valence electrons. The molecular formula is C14H23NO. The molecule has 0 amide bonds. The number of benzene rings is 1. The SMILES string of the molecule is CCCCNCCCc1ccccc1OC. The molecule has 0 spiro atoms. The highest BCUT2D eigenvalue weighted by Crippen LogP contribution is 2.18. The lowest BCUT2D eigenvalue weighted by Crippen LogP contribution is -2.17. The van der Waals surface area contributed by atoms with Gasteiger partial charge in [0.05, 0.1) is 7.11 Å². The first kappa shape index (κ1) is 13.0. The molecule has 0 unspecified atom stereocenters. The highest BCUT2D eigenvalue weighted by atomic mass is 16.5. The van der Waals surface area contributed by atoms with E-state index in [4.69, 9.17) is 4.74 Å². The van der Waals surface area contributed by atoms with Gasteiger partial charge in [-0.15, -0.1) is 0 Å². The third-order valence-electron chi connectivity index (χ3n) is 2.70. The summed E-state index contributed by atoms with van der Waals surface area (Å²) in [6, 6.07) is 8.26. The molecule has 0 fully saturated rings. The Morgan fingerprint density at radius 2 is 1.88 bits per heavy atom. The van der Waals surface area contributed by atoms with Crippen LogP contribution in [0.4, 0.5) is 0 Å². The average Bonchev–Trinajstić information content (AvgIpc) is 2.34. The van der Waals surface area contributed by atoms with Crippen molar-refractivity contribution in [1.82, 2.24) is 5.32 Å². The average molecular weight is 221 g/mol. The van der Waals surface area contributed by atoms with Crippen molar-refractivity contribution < 1.29 is 4.74 Å². The molecule has 0 radical (unpaired) electrons. The fraction of sp³-hybridized carbons (Fsp3) is 0.571. The summed E-state index contributed by atoms with van der Waals surface area (Å²) in [5.74, 6) is 1.01. The summed E-state index contributed by atoms with van der Waals surface area (Å²) in [4.78, 5) is 0. The Balaban J connectivity index is 2.21. The zero-order chi connectivity index (χ0) is 11.6. The summed E-state index contributed by atoms with van der Waals surface area (Å²) in [5.41, 5.74) is 1.31. The van der Waals surface area contributed by atoms with Crippen molar-refractivity contribution in [2.24, 2.45) is 0 Å². The zero-order valence-corrected chi connectivity index (χ0v) is 10.5. The van der Waals surface area contributed by atoms with Crippen LogP contribution in [-0.4, -0.2) is 20.2 Å². The summed E-state index contributed by atoms with van der Waals surface area (Å²) in [5, 5.41) is 3.45. The standard InChI is InChI=1S/C14H23NO/c1-3-4-11-15-12-7-9-13-8-5-6-10-14(13)16-2/h5-6,8,10,15H,3-4,7,9,11-12H2,1-2H3. The normalized spacial score (nSPS) is 10.4. The number of nitrogens with one attached hydrogen (secondary N) is 1. The minimum Gasteiger partial charge on any atom is -0.496 e. The van der Waals surface area contributed by atoms with Crippen LogP contribution < -0.4 is 10.1 Å². The lowest BCUT2D eigenvalue weighted by atomic mass is 10.1. The predicted octanol–water partition coefficient (Wildman–Crippen LogP) is 3.02. The Labute approximate surface area is 99.0 Å². The summed E-state index contributed by atoms with van der Waals surface area (Å²) in [6.07, 6.45) is 4.79. The molecule has 0 aliphatic heterocycles. The van der Waals surface area contributed by atoms with Crippen LogP contribution in [-0.2, 0) is 6.42 Å². The topological polar surface area (TPSA) is 21.3 Å². The van der Waals surface area contributed by atoms with E-state index in [-0.39, 0.29) is 0 Å². The molecule has 1 rings (SSSR count). The van der Waals surface area contributed by atoms with Gasteiger partial charge in [-0.1, -0.05) is 31.5 Å². The first-order valence-corrected chi connectivity index (χ1v) is 6.21. The third kappa shape index (κ3) is 4.67. The molecule has 0 saturated heterocycles. The fourth-order valence-electron chi connectivity index (χ4n) is 1.74. The molecule has 0 bridgehead atoms. The highest BCUT2D eigenvalue weighted by molar-refractivity contribution is 5.33. The Kier molecular flexibility index (Phi) is 6.66. The molecule has 0 atom stereocenters. The summed E-state index contributed by atoms with van der Waals surface area (Å²) < 4.78 is 5.32. The van der Waals surface area contributed by atoms with E-state index in [0.717, 1.165) is 25.3 Å². The second-order valence-electron chi connectivity index (χ2n) is 4.02. The molecule has 16 heavy (non-hydrogen) atoms. The first-order valence-electron chi connectivity index (χ1n) is 6.21. The van der Waals surface area contributed by atoms with E-state index in [0.29, 0.717) is 0 Å². The van der Waals surface area contributed by atoms with E-state index in [2.05, 4.69) is 24.4 Å². The molecule has 0 heterocycles. The zero-order valence-electron chi connectivity index (χ0n) is 10.5. The number of aryl methyl sites for hydroxylation is 1. The third-order valence-corrected chi connectivity index (χ3v) is 2.70. The van der Waals surface area contributed by atoms with E-state index in [1.165, 1.54) is 24.8 Å². The largest absolute Gasteiger partial charge is 0.496 e. The van der Waals surface area contributed by atoms with Crippen LogP contribution in [0.5, 0.6) is 5.75 Å². The van der Waals surface area contributed by atoms with Crippen LogP contribution in [0.25, 0.3) is 0 Å². The molecule has 0 aliphatic rings. The summed E-state index contributed by atoms with van der Waals surface area (Å²) in [7, 11) is 1.73. The summed E-state index contributed by atoms with van der Waals surface area (Å²) in [6.45, 7) is 4.46. The molecule has 2 heteroatoms. The second kappa shape index (κ2) is 8.17. The first-order chi connectivity index (χ1) is 7.88. The highest BCUT2D eigenvalue weighted by Gasteiger charge is 2.00. The van der Waals surface area contributed by atoms with Gasteiger partial charge in [0.1, 0.15) is 5.75 Å². The van der Waals surface area contributed by atoms with Crippen molar-refractivity contribution in [3.8, 4) is 5.75 Å². The maximum absolute atomic E-state index is 5.32. The number of hydrogen-bond acceptors (Lipinski definition) is 2. The van der Waals surface area contributed by atoms with Crippen molar-refractivity contribution >= 4 is 0 Å². The monoisotopic (exact) mass is 221 g/mol. The smallest absolute Gasteiger partial charge is 0.122 e. The van der Waals surface area contributed by atoms with Crippen LogP contribution in [0.1, 0.15) is 31.7 Å². The molecule has 1 N–H and O–H groups in total. The van der Waals surface area contributed by atoms with Gasteiger partial charge in [0, 0.05) is 0 Å². The molecule has 1 aromatic rings. The minimum absolute atomic E-state index is 1.01. The van der Waals surface area contributed by atoms with Gasteiger partial charge in [-0.2, -0.15) is 0 Å². The number of rotatable bonds is 8. The Hall–Kier alpha value is -1.02. The Bertz CT molecular complexity index is 286. The van der Waals surface area contributed by atoms with Gasteiger partial charge in [0.2, 0.25) is 0 Å². The van der Waals surface area contributed by atoms with Crippen LogP contribution in [0.15, 0.2) is 24.3 Å². The van der Waals surface area contributed by atoms with Crippen LogP contribution in [0, 0.1) is 0 Å². The minimum atomic E-state index is 1.01. The van der Waals surface area contributed by atoms with Crippen molar-refractivity contribution in [3.63, 3.8) is 0 Å². The van der Waals surface area contributed by atoms with Gasteiger partial charge in [0.15, 0.2) is 0 Å². The molecule has 0 saturated carbocycles. The number of hydrogen-bond donors (Lipinski definition) is 1. The number of unbranched alkanes of at least 4 members (excludes halogenated alkanes) is 1. The molecule has 2 nitrogen and oxygen atoms in total. The second-order valence-corrected chi connectivity index (χ2v) is 4.02. The fourth-order valence-corrected chi connectivity index (χ4v) is 1.74. The summed E-state index contributed by atoms with van der Waals surface area (Å²) >= 11 is 0. The maximum Gasteiger partial charge on any atom is 0.122 e. The van der Waals surface area contributed by atoms with E-state index in [1.807, 2.05) is 12.1 Å². The number of ether oxygens (including phenoxy) is 1. The molecule has 1 aromatic carbocycles. The van der Waals surface area contributed by atoms with Crippen molar-refractivity contribution in [2.75, 3.05) is 20.2 Å². The molecule has 0 aromatic heterocycles. The van der Waals surface area contributed by atoms with E-state index >= 15 is 0 Å². The predicted molar refractivity (Wildman–Crippen MR) is 69.1 cm³/mol. The van der Waals surface area contributed by atoms with Crippen molar-refractivity contribution in [2.45, 2.75) is 32.6 Å². The Morgan fingerprint density at radius 3 is 2.62 bits per heavy atom. The van der Waals surface area contributed by atoms with E-state index in [9.17, 15) is 0 Å². The van der Waals surface area contributed by atoms with Gasteiger partial charge < -0.3 is 10.1 Å². The van der Waals surface area contributed by atoms with Crippen molar-refractivity contribution in [3.05, 3.63) is 29.8 Å². The van der Waals surface area contributed by atoms with Crippen LogP contribution in [0.2, 0.25) is 0 Å². The van der Waals surface area contributed by atoms with Gasteiger partial charge in [-0.25, -0.2) is 0 Å².